The Labute approximate surface area is 158 Å². The second-order valence-corrected chi connectivity index (χ2v) is 6.65. The summed E-state index contributed by atoms with van der Waals surface area (Å²) in [6, 6.07) is 10.9. The molecule has 1 amide bonds. The van der Waals surface area contributed by atoms with Crippen molar-refractivity contribution in [2.45, 2.75) is 31.5 Å². The van der Waals surface area contributed by atoms with Gasteiger partial charge in [-0.15, -0.1) is 5.10 Å². The van der Waals surface area contributed by atoms with Crippen molar-refractivity contribution in [2.24, 2.45) is 0 Å². The van der Waals surface area contributed by atoms with E-state index in [1.165, 1.54) is 11.6 Å². The largest absolute Gasteiger partial charge is 0.416 e. The van der Waals surface area contributed by atoms with Gasteiger partial charge in [0, 0.05) is 0 Å². The van der Waals surface area contributed by atoms with Crippen molar-refractivity contribution < 1.29 is 22.8 Å². The predicted octanol–water partition coefficient (Wildman–Crippen LogP) is 3.07. The number of hydrogen-bond acceptors (Lipinski definition) is 4. The molecule has 0 spiro atoms. The Morgan fingerprint density at radius 3 is 2.89 bits per heavy atom. The minimum Gasteiger partial charge on any atom is -0.385 e. The van der Waals surface area contributed by atoms with Crippen LogP contribution in [0.4, 0.5) is 13.2 Å². The highest BCUT2D eigenvalue weighted by atomic mass is 19.4. The lowest BCUT2D eigenvalue weighted by Crippen LogP contribution is -2.36. The standard InChI is InChI=1S/C19H17F3N4O2/c20-19(21,22)13-8-9-16-17(10-13)26(25-24-16)28-11-18(27)23-15-7-3-5-12-4-1-2-6-14(12)15/h1-2,4,6,8-10,15H,3,5,7,11H2,(H,23,27)/t15-/m0/s1. The van der Waals surface area contributed by atoms with Gasteiger partial charge in [0.25, 0.3) is 5.91 Å². The number of amides is 1. The van der Waals surface area contributed by atoms with Gasteiger partial charge < -0.3 is 10.2 Å². The van der Waals surface area contributed by atoms with Crippen molar-refractivity contribution in [1.82, 2.24) is 20.5 Å². The van der Waals surface area contributed by atoms with Gasteiger partial charge >= 0.3 is 6.18 Å². The summed E-state index contributed by atoms with van der Waals surface area (Å²) >= 11 is 0. The van der Waals surface area contributed by atoms with E-state index in [1.807, 2.05) is 24.3 Å². The number of alkyl halides is 3. The Morgan fingerprint density at radius 1 is 1.25 bits per heavy atom. The summed E-state index contributed by atoms with van der Waals surface area (Å²) in [5.41, 5.74) is 1.75. The molecular formula is C19H17F3N4O2. The van der Waals surface area contributed by atoms with Gasteiger partial charge in [0.2, 0.25) is 0 Å². The predicted molar refractivity (Wildman–Crippen MR) is 94.2 cm³/mol. The minimum atomic E-state index is -4.49. The van der Waals surface area contributed by atoms with E-state index in [2.05, 4.69) is 15.6 Å². The molecule has 2 aromatic carbocycles. The quantitative estimate of drug-likeness (QED) is 0.744. The number of rotatable bonds is 4. The maximum Gasteiger partial charge on any atom is 0.416 e. The van der Waals surface area contributed by atoms with Crippen LogP contribution >= 0.6 is 0 Å². The minimum absolute atomic E-state index is 0.0469. The molecule has 0 aliphatic heterocycles. The molecule has 1 N–H and O–H groups in total. The molecule has 1 heterocycles. The van der Waals surface area contributed by atoms with Crippen LogP contribution in [0.3, 0.4) is 0 Å². The maximum absolute atomic E-state index is 12.9. The fraction of sp³-hybridized carbons (Fsp3) is 0.316. The molecule has 0 fully saturated rings. The van der Waals surface area contributed by atoms with E-state index in [1.54, 1.807) is 0 Å². The van der Waals surface area contributed by atoms with Crippen LogP contribution < -0.4 is 10.2 Å². The summed E-state index contributed by atoms with van der Waals surface area (Å²) in [7, 11) is 0. The van der Waals surface area contributed by atoms with Crippen LogP contribution in [0.1, 0.15) is 35.6 Å². The molecular weight excluding hydrogens is 373 g/mol. The smallest absolute Gasteiger partial charge is 0.385 e. The summed E-state index contributed by atoms with van der Waals surface area (Å²) in [5, 5.41) is 10.3. The van der Waals surface area contributed by atoms with E-state index in [9.17, 15) is 18.0 Å². The molecule has 4 rings (SSSR count). The third-order valence-electron chi connectivity index (χ3n) is 4.77. The molecule has 1 aliphatic carbocycles. The van der Waals surface area contributed by atoms with Crippen LogP contribution in [-0.4, -0.2) is 27.7 Å². The molecule has 6 nitrogen and oxygen atoms in total. The zero-order valence-corrected chi connectivity index (χ0v) is 14.7. The maximum atomic E-state index is 12.9. The Bertz CT molecular complexity index is 1020. The number of benzene rings is 2. The molecule has 0 saturated heterocycles. The summed E-state index contributed by atoms with van der Waals surface area (Å²) < 4.78 is 38.7. The second kappa shape index (κ2) is 7.14. The van der Waals surface area contributed by atoms with Gasteiger partial charge in [0.1, 0.15) is 11.0 Å². The second-order valence-electron chi connectivity index (χ2n) is 6.65. The van der Waals surface area contributed by atoms with Crippen LogP contribution in [0, 0.1) is 0 Å². The van der Waals surface area contributed by atoms with Crippen LogP contribution in [-0.2, 0) is 17.4 Å². The Balaban J connectivity index is 1.44. The van der Waals surface area contributed by atoms with Crippen molar-refractivity contribution in [1.29, 1.82) is 0 Å². The van der Waals surface area contributed by atoms with Gasteiger partial charge in [0.15, 0.2) is 6.61 Å². The van der Waals surface area contributed by atoms with Gasteiger partial charge in [-0.2, -0.15) is 13.2 Å². The highest BCUT2D eigenvalue weighted by molar-refractivity contribution is 5.78. The number of nitrogens with zero attached hydrogens (tertiary/aromatic N) is 3. The van der Waals surface area contributed by atoms with Gasteiger partial charge in [-0.25, -0.2) is 0 Å². The Kier molecular flexibility index (Phi) is 4.66. The van der Waals surface area contributed by atoms with Crippen LogP contribution in [0.25, 0.3) is 11.0 Å². The first-order valence-corrected chi connectivity index (χ1v) is 8.85. The van der Waals surface area contributed by atoms with Crippen molar-refractivity contribution in [3.8, 4) is 0 Å². The lowest BCUT2D eigenvalue weighted by Gasteiger charge is -2.26. The van der Waals surface area contributed by atoms with E-state index in [0.717, 1.165) is 41.8 Å². The number of nitrogens with one attached hydrogen (secondary N) is 1. The number of carbonyl (C=O) groups is 1. The summed E-state index contributed by atoms with van der Waals surface area (Å²) in [5.74, 6) is -0.377. The number of carbonyl (C=O) groups excluding carboxylic acids is 1. The average Bonchev–Trinajstić information content (AvgIpc) is 3.08. The van der Waals surface area contributed by atoms with E-state index < -0.39 is 11.7 Å². The lowest BCUT2D eigenvalue weighted by molar-refractivity contribution is -0.137. The fourth-order valence-corrected chi connectivity index (χ4v) is 3.43. The summed E-state index contributed by atoms with van der Waals surface area (Å²) in [6.45, 7) is -0.382. The van der Waals surface area contributed by atoms with Gasteiger partial charge in [-0.1, -0.05) is 29.1 Å². The van der Waals surface area contributed by atoms with Gasteiger partial charge in [-0.05, 0) is 53.8 Å². The fourth-order valence-electron chi connectivity index (χ4n) is 3.43. The molecule has 146 valence electrons. The SMILES string of the molecule is O=C(COn1nnc2ccc(C(F)(F)F)cc21)N[C@H]1CCCc2ccccc21. The van der Waals surface area contributed by atoms with Crippen molar-refractivity contribution in [3.05, 3.63) is 59.2 Å². The number of fused-ring (bicyclic) bond motifs is 2. The molecule has 1 aromatic heterocycles. The highest BCUT2D eigenvalue weighted by Crippen LogP contribution is 2.31. The monoisotopic (exact) mass is 390 g/mol. The van der Waals surface area contributed by atoms with Gasteiger partial charge in [0.05, 0.1) is 11.6 Å². The van der Waals surface area contributed by atoms with E-state index in [0.29, 0.717) is 0 Å². The van der Waals surface area contributed by atoms with E-state index in [-0.39, 0.29) is 29.6 Å². The Morgan fingerprint density at radius 2 is 2.07 bits per heavy atom. The number of aryl methyl sites for hydroxylation is 1. The van der Waals surface area contributed by atoms with E-state index >= 15 is 0 Å². The molecule has 0 unspecified atom stereocenters. The average molecular weight is 390 g/mol. The molecule has 1 aliphatic rings. The summed E-state index contributed by atoms with van der Waals surface area (Å²) in [4.78, 5) is 18.4. The van der Waals surface area contributed by atoms with Crippen molar-refractivity contribution in [3.63, 3.8) is 0 Å². The number of hydrogen-bond donors (Lipinski definition) is 1. The van der Waals surface area contributed by atoms with Crippen LogP contribution in [0.15, 0.2) is 42.5 Å². The van der Waals surface area contributed by atoms with Crippen LogP contribution in [0.2, 0.25) is 0 Å². The third-order valence-corrected chi connectivity index (χ3v) is 4.77. The molecule has 9 heteroatoms. The number of halogens is 3. The third kappa shape index (κ3) is 3.64. The molecule has 0 saturated carbocycles. The highest BCUT2D eigenvalue weighted by Gasteiger charge is 2.31. The molecule has 0 radical (unpaired) electrons. The lowest BCUT2D eigenvalue weighted by atomic mass is 9.88. The Hall–Kier alpha value is -3.10. The topological polar surface area (TPSA) is 69.0 Å². The van der Waals surface area contributed by atoms with Crippen LogP contribution in [0.5, 0.6) is 0 Å². The molecule has 28 heavy (non-hydrogen) atoms. The van der Waals surface area contributed by atoms with Crippen molar-refractivity contribution in [2.75, 3.05) is 6.61 Å². The summed E-state index contributed by atoms with van der Waals surface area (Å²) in [6.07, 6.45) is -1.72. The van der Waals surface area contributed by atoms with Gasteiger partial charge in [-0.3, -0.25) is 4.79 Å². The zero-order chi connectivity index (χ0) is 19.7. The number of aromatic nitrogens is 3. The first kappa shape index (κ1) is 18.3. The first-order chi connectivity index (χ1) is 13.4. The zero-order valence-electron chi connectivity index (χ0n) is 14.7. The normalized spacial score (nSPS) is 16.6. The van der Waals surface area contributed by atoms with Crippen molar-refractivity contribution >= 4 is 16.9 Å². The van der Waals surface area contributed by atoms with E-state index in [4.69, 9.17) is 4.84 Å². The first-order valence-electron chi connectivity index (χ1n) is 8.85. The molecule has 1 atom stereocenters. The molecule has 3 aromatic rings. The molecule has 0 bridgehead atoms.